The van der Waals surface area contributed by atoms with Gasteiger partial charge in [0.25, 0.3) is 0 Å². The number of rotatable bonds is 6. The van der Waals surface area contributed by atoms with Gasteiger partial charge in [-0.05, 0) is 52.2 Å². The summed E-state index contributed by atoms with van der Waals surface area (Å²) in [5, 5.41) is 3.73. The third-order valence-electron chi connectivity index (χ3n) is 4.99. The van der Waals surface area contributed by atoms with Crippen molar-refractivity contribution in [2.45, 2.75) is 44.7 Å². The van der Waals surface area contributed by atoms with E-state index in [-0.39, 0.29) is 0 Å². The van der Waals surface area contributed by atoms with E-state index in [0.717, 1.165) is 25.7 Å². The molecule has 0 radical (unpaired) electrons. The lowest BCUT2D eigenvalue weighted by Crippen LogP contribution is -2.52. The molecule has 2 unspecified atom stereocenters. The fourth-order valence-electron chi connectivity index (χ4n) is 3.62. The lowest BCUT2D eigenvalue weighted by molar-refractivity contribution is 0.0557. The molecule has 0 aromatic heterocycles. The Morgan fingerprint density at radius 3 is 2.60 bits per heavy atom. The molecule has 0 aromatic rings. The molecule has 2 heterocycles. The summed E-state index contributed by atoms with van der Waals surface area (Å²) in [6.45, 7) is 8.88. The third-order valence-corrected chi connectivity index (χ3v) is 4.99. The van der Waals surface area contributed by atoms with Gasteiger partial charge >= 0.3 is 0 Å². The first kappa shape index (κ1) is 16.2. The van der Waals surface area contributed by atoms with Crippen LogP contribution in [-0.4, -0.2) is 75.4 Å². The van der Waals surface area contributed by atoms with Crippen molar-refractivity contribution >= 4 is 0 Å². The van der Waals surface area contributed by atoms with Gasteiger partial charge in [0.1, 0.15) is 0 Å². The summed E-state index contributed by atoms with van der Waals surface area (Å²) in [4.78, 5) is 5.02. The van der Waals surface area contributed by atoms with E-state index in [9.17, 15) is 0 Å². The maximum atomic E-state index is 5.49. The molecule has 0 saturated carbocycles. The first-order chi connectivity index (χ1) is 9.69. The zero-order valence-corrected chi connectivity index (χ0v) is 13.6. The number of nitrogens with zero attached hydrogens (tertiary/aromatic N) is 2. The Kier molecular flexibility index (Phi) is 6.75. The highest BCUT2D eigenvalue weighted by Gasteiger charge is 2.26. The summed E-state index contributed by atoms with van der Waals surface area (Å²) in [6.07, 6.45) is 5.11. The van der Waals surface area contributed by atoms with Gasteiger partial charge in [0, 0.05) is 44.9 Å². The standard InChI is InChI=1S/C16H33N3O/c1-4-17-15(11-14-5-9-20-10-6-14)12-16-13-18(2)7-8-19(16)3/h14-17H,4-13H2,1-3H3. The minimum atomic E-state index is 0.669. The molecule has 0 aliphatic carbocycles. The van der Waals surface area contributed by atoms with Crippen molar-refractivity contribution in [2.75, 3.05) is 53.5 Å². The Labute approximate surface area is 124 Å². The van der Waals surface area contributed by atoms with Crippen LogP contribution in [0.4, 0.5) is 0 Å². The highest BCUT2D eigenvalue weighted by atomic mass is 16.5. The molecule has 2 aliphatic rings. The number of hydrogen-bond donors (Lipinski definition) is 1. The smallest absolute Gasteiger partial charge is 0.0468 e. The van der Waals surface area contributed by atoms with Gasteiger partial charge in [-0.1, -0.05) is 6.92 Å². The second-order valence-electron chi connectivity index (χ2n) is 6.68. The average Bonchev–Trinajstić information content (AvgIpc) is 2.44. The molecule has 118 valence electrons. The molecule has 0 spiro atoms. The second kappa shape index (κ2) is 8.32. The molecule has 2 rings (SSSR count). The molecule has 2 atom stereocenters. The topological polar surface area (TPSA) is 27.7 Å². The van der Waals surface area contributed by atoms with Gasteiger partial charge in [-0.15, -0.1) is 0 Å². The van der Waals surface area contributed by atoms with Gasteiger partial charge < -0.3 is 19.9 Å². The Hall–Kier alpha value is -0.160. The van der Waals surface area contributed by atoms with Gasteiger partial charge in [-0.2, -0.15) is 0 Å². The highest BCUT2D eigenvalue weighted by Crippen LogP contribution is 2.23. The van der Waals surface area contributed by atoms with Gasteiger partial charge in [0.15, 0.2) is 0 Å². The van der Waals surface area contributed by atoms with Gasteiger partial charge in [0.05, 0.1) is 0 Å². The predicted octanol–water partition coefficient (Wildman–Crippen LogP) is 1.42. The quantitative estimate of drug-likeness (QED) is 0.798. The van der Waals surface area contributed by atoms with Crippen LogP contribution in [0.25, 0.3) is 0 Å². The second-order valence-corrected chi connectivity index (χ2v) is 6.68. The number of nitrogens with one attached hydrogen (secondary N) is 1. The normalized spacial score (nSPS) is 28.6. The molecule has 20 heavy (non-hydrogen) atoms. The third kappa shape index (κ3) is 4.99. The summed E-state index contributed by atoms with van der Waals surface area (Å²) in [7, 11) is 4.54. The van der Waals surface area contributed by atoms with Crippen molar-refractivity contribution in [3.63, 3.8) is 0 Å². The molecule has 2 aliphatic heterocycles. The van der Waals surface area contributed by atoms with Crippen LogP contribution in [0, 0.1) is 5.92 Å². The summed E-state index contributed by atoms with van der Waals surface area (Å²) in [5.41, 5.74) is 0. The molecule has 0 amide bonds. The number of piperazine rings is 1. The number of hydrogen-bond acceptors (Lipinski definition) is 4. The Balaban J connectivity index is 1.83. The SMILES string of the molecule is CCNC(CC1CCOCC1)CC1CN(C)CCN1C. The number of ether oxygens (including phenoxy) is 1. The van der Waals surface area contributed by atoms with Crippen LogP contribution in [0.5, 0.6) is 0 Å². The summed E-state index contributed by atoms with van der Waals surface area (Å²) >= 11 is 0. The van der Waals surface area contributed by atoms with Crippen LogP contribution >= 0.6 is 0 Å². The van der Waals surface area contributed by atoms with Crippen LogP contribution in [0.3, 0.4) is 0 Å². The molecule has 0 aromatic carbocycles. The minimum Gasteiger partial charge on any atom is -0.381 e. The zero-order valence-electron chi connectivity index (χ0n) is 13.6. The van der Waals surface area contributed by atoms with E-state index in [1.165, 1.54) is 45.3 Å². The minimum absolute atomic E-state index is 0.669. The van der Waals surface area contributed by atoms with E-state index >= 15 is 0 Å². The van der Waals surface area contributed by atoms with Gasteiger partial charge in [-0.25, -0.2) is 0 Å². The van der Waals surface area contributed by atoms with Crippen molar-refractivity contribution < 1.29 is 4.74 Å². The van der Waals surface area contributed by atoms with Crippen LogP contribution in [0.2, 0.25) is 0 Å². The largest absolute Gasteiger partial charge is 0.381 e. The predicted molar refractivity (Wildman–Crippen MR) is 84.2 cm³/mol. The van der Waals surface area contributed by atoms with Gasteiger partial charge in [0.2, 0.25) is 0 Å². The Morgan fingerprint density at radius 2 is 1.90 bits per heavy atom. The van der Waals surface area contributed by atoms with E-state index in [1.807, 2.05) is 0 Å². The number of likely N-dealkylation sites (N-methyl/N-ethyl adjacent to an activating group) is 2. The van der Waals surface area contributed by atoms with E-state index in [0.29, 0.717) is 12.1 Å². The Morgan fingerprint density at radius 1 is 1.15 bits per heavy atom. The Bertz CT molecular complexity index is 268. The molecule has 2 fully saturated rings. The van der Waals surface area contributed by atoms with Gasteiger partial charge in [-0.3, -0.25) is 0 Å². The van der Waals surface area contributed by atoms with Crippen LogP contribution < -0.4 is 5.32 Å². The van der Waals surface area contributed by atoms with E-state index < -0.39 is 0 Å². The lowest BCUT2D eigenvalue weighted by atomic mass is 9.89. The molecular weight excluding hydrogens is 250 g/mol. The first-order valence-corrected chi connectivity index (χ1v) is 8.39. The van der Waals surface area contributed by atoms with Crippen molar-refractivity contribution in [2.24, 2.45) is 5.92 Å². The first-order valence-electron chi connectivity index (χ1n) is 8.39. The highest BCUT2D eigenvalue weighted by molar-refractivity contribution is 4.84. The van der Waals surface area contributed by atoms with Crippen LogP contribution in [0.1, 0.15) is 32.6 Å². The summed E-state index contributed by atoms with van der Waals surface area (Å²) in [5.74, 6) is 0.861. The average molecular weight is 283 g/mol. The summed E-state index contributed by atoms with van der Waals surface area (Å²) < 4.78 is 5.49. The monoisotopic (exact) mass is 283 g/mol. The molecule has 4 nitrogen and oxygen atoms in total. The van der Waals surface area contributed by atoms with Crippen molar-refractivity contribution in [3.05, 3.63) is 0 Å². The maximum Gasteiger partial charge on any atom is 0.0468 e. The maximum absolute atomic E-state index is 5.49. The van der Waals surface area contributed by atoms with Crippen LogP contribution in [-0.2, 0) is 4.74 Å². The van der Waals surface area contributed by atoms with Crippen molar-refractivity contribution in [1.82, 2.24) is 15.1 Å². The van der Waals surface area contributed by atoms with Crippen molar-refractivity contribution in [1.29, 1.82) is 0 Å². The zero-order chi connectivity index (χ0) is 14.4. The lowest BCUT2D eigenvalue weighted by Gasteiger charge is -2.40. The van der Waals surface area contributed by atoms with Crippen molar-refractivity contribution in [3.8, 4) is 0 Å². The fourth-order valence-corrected chi connectivity index (χ4v) is 3.62. The fraction of sp³-hybridized carbons (Fsp3) is 1.00. The van der Waals surface area contributed by atoms with E-state index in [1.54, 1.807) is 0 Å². The summed E-state index contributed by atoms with van der Waals surface area (Å²) in [6, 6.07) is 1.37. The molecular formula is C16H33N3O. The van der Waals surface area contributed by atoms with E-state index in [2.05, 4.69) is 36.1 Å². The van der Waals surface area contributed by atoms with E-state index in [4.69, 9.17) is 4.74 Å². The van der Waals surface area contributed by atoms with Crippen LogP contribution in [0.15, 0.2) is 0 Å². The molecule has 1 N–H and O–H groups in total. The molecule has 4 heteroatoms. The molecule has 2 saturated heterocycles. The molecule has 0 bridgehead atoms.